The van der Waals surface area contributed by atoms with E-state index in [4.69, 9.17) is 4.74 Å². The number of aryl methyl sites for hydroxylation is 1. The van der Waals surface area contributed by atoms with E-state index in [0.29, 0.717) is 18.5 Å². The van der Waals surface area contributed by atoms with Gasteiger partial charge in [-0.25, -0.2) is 4.79 Å². The summed E-state index contributed by atoms with van der Waals surface area (Å²) in [4.78, 5) is 38.9. The molecule has 0 saturated carbocycles. The lowest BCUT2D eigenvalue weighted by atomic mass is 10.0. The number of fused-ring (bicyclic) bond motifs is 1. The predicted octanol–water partition coefficient (Wildman–Crippen LogP) is 2.57. The molecule has 7 heteroatoms. The summed E-state index contributed by atoms with van der Waals surface area (Å²) in [5.74, 6) is -1.86. The number of hydrogen-bond acceptors (Lipinski definition) is 5. The topological polar surface area (TPSA) is 95.9 Å². The summed E-state index contributed by atoms with van der Waals surface area (Å²) < 4.78 is 5.19. The van der Waals surface area contributed by atoms with Crippen LogP contribution in [0, 0.1) is 0 Å². The van der Waals surface area contributed by atoms with Gasteiger partial charge in [-0.3, -0.25) is 19.8 Å². The number of amides is 1. The maximum absolute atomic E-state index is 13.3. The van der Waals surface area contributed by atoms with Gasteiger partial charge in [0.05, 0.1) is 12.6 Å². The van der Waals surface area contributed by atoms with Gasteiger partial charge in [0, 0.05) is 12.1 Å². The number of nitrogens with one attached hydrogen (secondary N) is 1. The Morgan fingerprint density at radius 3 is 2.48 bits per heavy atom. The van der Waals surface area contributed by atoms with Crippen molar-refractivity contribution >= 4 is 23.5 Å². The largest absolute Gasteiger partial charge is 0.480 e. The van der Waals surface area contributed by atoms with Gasteiger partial charge in [-0.05, 0) is 43.9 Å². The average Bonchev–Trinajstić information content (AvgIpc) is 3.16. The average molecular weight is 424 g/mol. The quantitative estimate of drug-likeness (QED) is 0.601. The molecule has 0 aliphatic carbocycles. The van der Waals surface area contributed by atoms with Crippen LogP contribution in [0.4, 0.5) is 5.69 Å². The van der Waals surface area contributed by atoms with Crippen molar-refractivity contribution in [2.24, 2.45) is 0 Å². The molecule has 3 atom stereocenters. The fourth-order valence-electron chi connectivity index (χ4n) is 3.91. The summed E-state index contributed by atoms with van der Waals surface area (Å²) in [6, 6.07) is 14.5. The molecular formula is C24H28N2O5. The van der Waals surface area contributed by atoms with Crippen LogP contribution in [0.5, 0.6) is 0 Å². The lowest BCUT2D eigenvalue weighted by Crippen LogP contribution is -2.54. The third-order valence-corrected chi connectivity index (χ3v) is 5.46. The minimum absolute atomic E-state index is 0.241. The maximum atomic E-state index is 13.3. The van der Waals surface area contributed by atoms with Crippen LogP contribution in [-0.2, 0) is 32.0 Å². The van der Waals surface area contributed by atoms with Crippen molar-refractivity contribution in [2.75, 3.05) is 11.5 Å². The zero-order valence-electron chi connectivity index (χ0n) is 17.8. The Bertz CT molecular complexity index is 931. The monoisotopic (exact) mass is 424 g/mol. The van der Waals surface area contributed by atoms with Crippen molar-refractivity contribution in [3.8, 4) is 0 Å². The molecule has 7 nitrogen and oxygen atoms in total. The highest BCUT2D eigenvalue weighted by atomic mass is 16.5. The van der Waals surface area contributed by atoms with Crippen molar-refractivity contribution in [2.45, 2.75) is 51.2 Å². The third-order valence-electron chi connectivity index (χ3n) is 5.46. The number of carboxylic acid groups (broad SMARTS) is 1. The molecule has 0 spiro atoms. The zero-order chi connectivity index (χ0) is 22.4. The Morgan fingerprint density at radius 2 is 1.81 bits per heavy atom. The molecule has 164 valence electrons. The van der Waals surface area contributed by atoms with E-state index < -0.39 is 30.1 Å². The fourth-order valence-corrected chi connectivity index (χ4v) is 3.91. The first kappa shape index (κ1) is 22.5. The van der Waals surface area contributed by atoms with E-state index in [9.17, 15) is 19.5 Å². The number of benzene rings is 2. The zero-order valence-corrected chi connectivity index (χ0v) is 17.8. The maximum Gasteiger partial charge on any atom is 0.327 e. The Balaban J connectivity index is 1.75. The van der Waals surface area contributed by atoms with Crippen LogP contribution in [0.25, 0.3) is 0 Å². The van der Waals surface area contributed by atoms with Crippen LogP contribution in [-0.4, -0.2) is 47.7 Å². The highest BCUT2D eigenvalue weighted by molar-refractivity contribution is 6.04. The van der Waals surface area contributed by atoms with Gasteiger partial charge in [0.25, 0.3) is 0 Å². The molecule has 31 heavy (non-hydrogen) atoms. The summed E-state index contributed by atoms with van der Waals surface area (Å²) in [5.41, 5.74) is 2.50. The van der Waals surface area contributed by atoms with Gasteiger partial charge >= 0.3 is 11.9 Å². The molecule has 2 aromatic rings. The van der Waals surface area contributed by atoms with E-state index in [1.54, 1.807) is 26.0 Å². The van der Waals surface area contributed by atoms with Crippen LogP contribution >= 0.6 is 0 Å². The Morgan fingerprint density at radius 1 is 1.13 bits per heavy atom. The highest BCUT2D eigenvalue weighted by Gasteiger charge is 2.40. The SMILES string of the molecule is CCOC(=O)[C@H](CCc1ccccc1)N[C@@H](C)C(=O)N1c2ccccc2C[C@H]1C(=O)O. The van der Waals surface area contributed by atoms with Gasteiger partial charge in [0.1, 0.15) is 12.1 Å². The molecule has 0 radical (unpaired) electrons. The van der Waals surface area contributed by atoms with Crippen molar-refractivity contribution in [3.05, 3.63) is 65.7 Å². The lowest BCUT2D eigenvalue weighted by Gasteiger charge is -2.28. The summed E-state index contributed by atoms with van der Waals surface area (Å²) in [6.45, 7) is 3.63. The van der Waals surface area contributed by atoms with Gasteiger partial charge in [-0.15, -0.1) is 0 Å². The van der Waals surface area contributed by atoms with E-state index in [-0.39, 0.29) is 18.9 Å². The Kier molecular flexibility index (Phi) is 7.41. The second kappa shape index (κ2) is 10.2. The van der Waals surface area contributed by atoms with Crippen LogP contribution in [0.3, 0.4) is 0 Å². The number of para-hydroxylation sites is 1. The predicted molar refractivity (Wildman–Crippen MR) is 117 cm³/mol. The number of carbonyl (C=O) groups is 3. The van der Waals surface area contributed by atoms with Crippen LogP contribution < -0.4 is 10.2 Å². The normalized spacial score (nSPS) is 17.0. The molecule has 0 fully saturated rings. The number of esters is 1. The number of carboxylic acids is 1. The smallest absolute Gasteiger partial charge is 0.327 e. The van der Waals surface area contributed by atoms with Gasteiger partial charge < -0.3 is 9.84 Å². The minimum atomic E-state index is -1.05. The molecule has 0 bridgehead atoms. The second-order valence-electron chi connectivity index (χ2n) is 7.61. The fraction of sp³-hybridized carbons (Fsp3) is 0.375. The number of nitrogens with zero attached hydrogens (tertiary/aromatic N) is 1. The van der Waals surface area contributed by atoms with Gasteiger partial charge in [0.15, 0.2) is 0 Å². The highest BCUT2D eigenvalue weighted by Crippen LogP contribution is 2.32. The molecule has 3 rings (SSSR count). The van der Waals surface area contributed by atoms with Crippen LogP contribution in [0.15, 0.2) is 54.6 Å². The first-order valence-electron chi connectivity index (χ1n) is 10.5. The second-order valence-corrected chi connectivity index (χ2v) is 7.61. The van der Waals surface area contributed by atoms with Gasteiger partial charge in [-0.2, -0.15) is 0 Å². The van der Waals surface area contributed by atoms with Crippen LogP contribution in [0.1, 0.15) is 31.4 Å². The number of hydrogen-bond donors (Lipinski definition) is 2. The number of carbonyl (C=O) groups excluding carboxylic acids is 2. The summed E-state index contributed by atoms with van der Waals surface area (Å²) >= 11 is 0. The Hall–Kier alpha value is -3.19. The van der Waals surface area contributed by atoms with E-state index in [0.717, 1.165) is 11.1 Å². The summed E-state index contributed by atoms with van der Waals surface area (Å²) in [7, 11) is 0. The van der Waals surface area contributed by atoms with E-state index in [2.05, 4.69) is 5.32 Å². The van der Waals surface area contributed by atoms with E-state index in [1.165, 1.54) is 4.90 Å². The number of ether oxygens (including phenoxy) is 1. The van der Waals surface area contributed by atoms with Crippen LogP contribution in [0.2, 0.25) is 0 Å². The summed E-state index contributed by atoms with van der Waals surface area (Å²) in [6.07, 6.45) is 1.36. The van der Waals surface area contributed by atoms with Crippen molar-refractivity contribution in [1.29, 1.82) is 0 Å². The molecule has 1 aliphatic heterocycles. The van der Waals surface area contributed by atoms with Crippen molar-refractivity contribution < 1.29 is 24.2 Å². The molecule has 0 unspecified atom stereocenters. The molecule has 0 saturated heterocycles. The lowest BCUT2D eigenvalue weighted by molar-refractivity contribution is -0.146. The first-order chi connectivity index (χ1) is 14.9. The molecular weight excluding hydrogens is 396 g/mol. The molecule has 1 amide bonds. The summed E-state index contributed by atoms with van der Waals surface area (Å²) in [5, 5.41) is 12.7. The molecule has 2 N–H and O–H groups in total. The third kappa shape index (κ3) is 5.30. The van der Waals surface area contributed by atoms with Crippen molar-refractivity contribution in [1.82, 2.24) is 5.32 Å². The standard InChI is InChI=1S/C24H28N2O5/c1-3-31-24(30)19(14-13-17-9-5-4-6-10-17)25-16(2)22(27)26-20-12-8-7-11-18(20)15-21(26)23(28)29/h4-12,16,19,21,25H,3,13-15H2,1-2H3,(H,28,29)/t16-,19-,21-/m0/s1. The Labute approximate surface area is 182 Å². The minimum Gasteiger partial charge on any atom is -0.480 e. The van der Waals surface area contributed by atoms with Gasteiger partial charge in [-0.1, -0.05) is 48.5 Å². The van der Waals surface area contributed by atoms with E-state index in [1.807, 2.05) is 42.5 Å². The number of anilines is 1. The molecule has 0 aromatic heterocycles. The number of aliphatic carboxylic acids is 1. The molecule has 1 heterocycles. The molecule has 1 aliphatic rings. The van der Waals surface area contributed by atoms with E-state index >= 15 is 0 Å². The van der Waals surface area contributed by atoms with Crippen molar-refractivity contribution in [3.63, 3.8) is 0 Å². The molecule has 2 aromatic carbocycles. The van der Waals surface area contributed by atoms with Gasteiger partial charge in [0.2, 0.25) is 5.91 Å². The number of rotatable bonds is 9. The first-order valence-corrected chi connectivity index (χ1v) is 10.5.